The quantitative estimate of drug-likeness (QED) is 0.491. The van der Waals surface area contributed by atoms with Crippen LogP contribution in [0.4, 0.5) is 11.4 Å². The molecule has 0 saturated carbocycles. The highest BCUT2D eigenvalue weighted by Crippen LogP contribution is 2.46. The summed E-state index contributed by atoms with van der Waals surface area (Å²) in [5.74, 6) is 1.88. The molecule has 3 rings (SSSR count). The topological polar surface area (TPSA) is 21.3 Å². The lowest BCUT2D eigenvalue weighted by Crippen LogP contribution is -2.20. The summed E-state index contributed by atoms with van der Waals surface area (Å²) in [6.07, 6.45) is 4.51. The van der Waals surface area contributed by atoms with Gasteiger partial charge in [0, 0.05) is 0 Å². The van der Waals surface area contributed by atoms with Gasteiger partial charge in [-0.2, -0.15) is 0 Å². The molecular formula is C24H33NO. The highest BCUT2D eigenvalue weighted by molar-refractivity contribution is 5.76. The van der Waals surface area contributed by atoms with E-state index in [2.05, 4.69) is 83.3 Å². The zero-order valence-corrected chi connectivity index (χ0v) is 17.2. The van der Waals surface area contributed by atoms with Gasteiger partial charge in [0.05, 0.1) is 11.4 Å². The van der Waals surface area contributed by atoms with Gasteiger partial charge in [0.15, 0.2) is 11.5 Å². The molecule has 1 heterocycles. The van der Waals surface area contributed by atoms with Gasteiger partial charge in [-0.1, -0.05) is 53.7 Å². The first-order valence-corrected chi connectivity index (χ1v) is 10.1. The second-order valence-corrected chi connectivity index (χ2v) is 8.18. The van der Waals surface area contributed by atoms with Crippen LogP contribution in [0.5, 0.6) is 11.5 Å². The Balaban J connectivity index is 1.97. The fourth-order valence-electron chi connectivity index (χ4n) is 3.75. The van der Waals surface area contributed by atoms with Crippen LogP contribution in [0.15, 0.2) is 36.4 Å². The van der Waals surface area contributed by atoms with E-state index >= 15 is 0 Å². The fourth-order valence-corrected chi connectivity index (χ4v) is 3.75. The molecule has 26 heavy (non-hydrogen) atoms. The van der Waals surface area contributed by atoms with Gasteiger partial charge in [-0.15, -0.1) is 0 Å². The Morgan fingerprint density at radius 1 is 0.692 bits per heavy atom. The molecule has 140 valence electrons. The Bertz CT molecular complexity index is 719. The van der Waals surface area contributed by atoms with Gasteiger partial charge in [-0.25, -0.2) is 0 Å². The monoisotopic (exact) mass is 351 g/mol. The molecular weight excluding hydrogens is 318 g/mol. The van der Waals surface area contributed by atoms with Crippen molar-refractivity contribution in [3.63, 3.8) is 0 Å². The van der Waals surface area contributed by atoms with Crippen molar-refractivity contribution in [3.05, 3.63) is 47.5 Å². The van der Waals surface area contributed by atoms with Gasteiger partial charge in [0.2, 0.25) is 0 Å². The first-order valence-electron chi connectivity index (χ1n) is 10.1. The van der Waals surface area contributed by atoms with Crippen LogP contribution in [0.25, 0.3) is 0 Å². The minimum Gasteiger partial charge on any atom is -0.453 e. The average molecular weight is 352 g/mol. The zero-order valence-electron chi connectivity index (χ0n) is 17.2. The van der Waals surface area contributed by atoms with Crippen LogP contribution in [0.2, 0.25) is 0 Å². The molecule has 1 aliphatic heterocycles. The smallest absolute Gasteiger partial charge is 0.151 e. The third kappa shape index (κ3) is 3.11. The average Bonchev–Trinajstić information content (AvgIpc) is 2.70. The first-order chi connectivity index (χ1) is 12.4. The minimum absolute atomic E-state index is 0.198. The maximum absolute atomic E-state index is 6.36. The van der Waals surface area contributed by atoms with E-state index in [0.717, 1.165) is 48.6 Å². The van der Waals surface area contributed by atoms with Crippen molar-refractivity contribution in [1.29, 1.82) is 0 Å². The fraction of sp³-hybridized carbons (Fsp3) is 0.500. The summed E-state index contributed by atoms with van der Waals surface area (Å²) in [6, 6.07) is 13.3. The molecule has 2 nitrogen and oxygen atoms in total. The van der Waals surface area contributed by atoms with Gasteiger partial charge in [-0.05, 0) is 71.9 Å². The SMILES string of the molecule is CCC(C)(CC)c1ccc2c(c1)Oc1cc(C(C)(CC)CC)ccc1N2. The molecule has 1 N–H and O–H groups in total. The molecule has 0 spiro atoms. The molecule has 0 fully saturated rings. The van der Waals surface area contributed by atoms with E-state index in [1.54, 1.807) is 0 Å². The normalized spacial score (nSPS) is 13.5. The Kier molecular flexibility index (Phi) is 5.05. The van der Waals surface area contributed by atoms with Crippen LogP contribution in [0.3, 0.4) is 0 Å². The van der Waals surface area contributed by atoms with Crippen LogP contribution >= 0.6 is 0 Å². The van der Waals surface area contributed by atoms with E-state index in [4.69, 9.17) is 4.74 Å². The number of rotatable bonds is 6. The molecule has 0 saturated heterocycles. The van der Waals surface area contributed by atoms with Crippen molar-refractivity contribution >= 4 is 11.4 Å². The van der Waals surface area contributed by atoms with E-state index in [1.807, 2.05) is 0 Å². The largest absolute Gasteiger partial charge is 0.453 e. The van der Waals surface area contributed by atoms with E-state index < -0.39 is 0 Å². The predicted octanol–water partition coefficient (Wildman–Crippen LogP) is 7.69. The Hall–Kier alpha value is -1.96. The van der Waals surface area contributed by atoms with Crippen LogP contribution in [0.1, 0.15) is 78.4 Å². The van der Waals surface area contributed by atoms with Crippen molar-refractivity contribution in [2.75, 3.05) is 5.32 Å². The van der Waals surface area contributed by atoms with Gasteiger partial charge < -0.3 is 10.1 Å². The van der Waals surface area contributed by atoms with Crippen molar-refractivity contribution in [2.45, 2.75) is 78.1 Å². The predicted molar refractivity (Wildman–Crippen MR) is 112 cm³/mol. The molecule has 1 aliphatic rings. The Labute approximate surface area is 159 Å². The minimum atomic E-state index is 0.198. The van der Waals surface area contributed by atoms with Crippen LogP contribution in [-0.2, 0) is 10.8 Å². The van der Waals surface area contributed by atoms with Crippen LogP contribution < -0.4 is 10.1 Å². The molecule has 0 amide bonds. The third-order valence-electron chi connectivity index (χ3n) is 6.97. The molecule has 2 aromatic rings. The Morgan fingerprint density at radius 2 is 1.08 bits per heavy atom. The van der Waals surface area contributed by atoms with E-state index in [1.165, 1.54) is 11.1 Å². The number of ether oxygens (including phenoxy) is 1. The van der Waals surface area contributed by atoms with Crippen molar-refractivity contribution < 1.29 is 4.74 Å². The number of hydrogen-bond donors (Lipinski definition) is 1. The summed E-state index contributed by atoms with van der Waals surface area (Å²) in [4.78, 5) is 0. The second-order valence-electron chi connectivity index (χ2n) is 8.18. The second kappa shape index (κ2) is 6.98. The molecule has 0 aromatic heterocycles. The summed E-state index contributed by atoms with van der Waals surface area (Å²) in [7, 11) is 0. The van der Waals surface area contributed by atoms with Crippen molar-refractivity contribution in [2.24, 2.45) is 0 Å². The summed E-state index contributed by atoms with van der Waals surface area (Å²) in [5.41, 5.74) is 5.21. The molecule has 0 unspecified atom stereocenters. The lowest BCUT2D eigenvalue weighted by molar-refractivity contribution is 0.426. The summed E-state index contributed by atoms with van der Waals surface area (Å²) in [5, 5.41) is 3.54. The van der Waals surface area contributed by atoms with E-state index in [-0.39, 0.29) is 10.8 Å². The number of nitrogens with one attached hydrogen (secondary N) is 1. The molecule has 0 aliphatic carbocycles. The highest BCUT2D eigenvalue weighted by Gasteiger charge is 2.27. The molecule has 2 aromatic carbocycles. The van der Waals surface area contributed by atoms with Gasteiger partial charge in [0.25, 0.3) is 0 Å². The van der Waals surface area contributed by atoms with Crippen LogP contribution in [0, 0.1) is 0 Å². The number of hydrogen-bond acceptors (Lipinski definition) is 2. The highest BCUT2D eigenvalue weighted by atomic mass is 16.5. The zero-order chi connectivity index (χ0) is 18.9. The lowest BCUT2D eigenvalue weighted by atomic mass is 9.77. The lowest BCUT2D eigenvalue weighted by Gasteiger charge is -2.31. The summed E-state index contributed by atoms with van der Waals surface area (Å²) in [6.45, 7) is 13.7. The van der Waals surface area contributed by atoms with Gasteiger partial charge in [-0.3, -0.25) is 0 Å². The van der Waals surface area contributed by atoms with Gasteiger partial charge >= 0.3 is 0 Å². The standard InChI is InChI=1S/C24H33NO/c1-7-23(5,8-2)17-11-13-19-21(15-17)26-22-16-18(12-14-20(22)25-19)24(6,9-3)10-4/h11-16,25H,7-10H2,1-6H3. The van der Waals surface area contributed by atoms with Crippen molar-refractivity contribution in [3.8, 4) is 11.5 Å². The Morgan fingerprint density at radius 3 is 1.42 bits per heavy atom. The van der Waals surface area contributed by atoms with E-state index in [0.29, 0.717) is 0 Å². The molecule has 2 heteroatoms. The number of anilines is 2. The van der Waals surface area contributed by atoms with E-state index in [9.17, 15) is 0 Å². The van der Waals surface area contributed by atoms with Crippen molar-refractivity contribution in [1.82, 2.24) is 0 Å². The van der Waals surface area contributed by atoms with Crippen LogP contribution in [-0.4, -0.2) is 0 Å². The molecule has 0 atom stereocenters. The maximum atomic E-state index is 6.36. The maximum Gasteiger partial charge on any atom is 0.151 e. The summed E-state index contributed by atoms with van der Waals surface area (Å²) < 4.78 is 6.36. The molecule has 0 radical (unpaired) electrons. The number of benzene rings is 2. The molecule has 0 bridgehead atoms. The summed E-state index contributed by atoms with van der Waals surface area (Å²) >= 11 is 0. The number of fused-ring (bicyclic) bond motifs is 2. The van der Waals surface area contributed by atoms with Gasteiger partial charge in [0.1, 0.15) is 0 Å². The first kappa shape index (κ1) is 18.8. The third-order valence-corrected chi connectivity index (χ3v) is 6.97.